The van der Waals surface area contributed by atoms with Crippen molar-refractivity contribution in [1.29, 1.82) is 0 Å². The Morgan fingerprint density at radius 1 is 1.11 bits per heavy atom. The maximum Gasteiger partial charge on any atom is 0.274 e. The second kappa shape index (κ2) is 7.79. The van der Waals surface area contributed by atoms with E-state index in [0.717, 1.165) is 5.56 Å². The highest BCUT2D eigenvalue weighted by molar-refractivity contribution is 5.91. The summed E-state index contributed by atoms with van der Waals surface area (Å²) in [7, 11) is 1.58. The van der Waals surface area contributed by atoms with Gasteiger partial charge in [-0.3, -0.25) is 4.79 Å². The van der Waals surface area contributed by atoms with Crippen molar-refractivity contribution in [3.05, 3.63) is 72.9 Å². The average Bonchev–Trinajstić information content (AvgIpc) is 3.38. The van der Waals surface area contributed by atoms with Gasteiger partial charge in [0.15, 0.2) is 0 Å². The standard InChI is InChI=1S/C21H18N4O3/c1-27-17-10-5-9-16(13-17)22-19(26)14-25-12-6-11-18(25)21-23-20(24-28-21)15-7-3-2-4-8-15/h2-13H,14H2,1H3,(H,22,26). The molecule has 4 rings (SSSR count). The van der Waals surface area contributed by atoms with E-state index in [4.69, 9.17) is 9.26 Å². The smallest absolute Gasteiger partial charge is 0.274 e. The fourth-order valence-corrected chi connectivity index (χ4v) is 2.83. The molecule has 1 N–H and O–H groups in total. The lowest BCUT2D eigenvalue weighted by Crippen LogP contribution is -2.18. The van der Waals surface area contributed by atoms with Crippen LogP contribution in [-0.2, 0) is 11.3 Å². The number of hydrogen-bond donors (Lipinski definition) is 1. The summed E-state index contributed by atoms with van der Waals surface area (Å²) < 4.78 is 12.3. The second-order valence-electron chi connectivity index (χ2n) is 6.09. The number of benzene rings is 2. The van der Waals surface area contributed by atoms with Crippen molar-refractivity contribution in [3.63, 3.8) is 0 Å². The van der Waals surface area contributed by atoms with Gasteiger partial charge in [-0.25, -0.2) is 0 Å². The maximum absolute atomic E-state index is 12.5. The zero-order valence-corrected chi connectivity index (χ0v) is 15.2. The fraction of sp³-hybridized carbons (Fsp3) is 0.0952. The Labute approximate surface area is 161 Å². The van der Waals surface area contributed by atoms with Gasteiger partial charge < -0.3 is 19.1 Å². The zero-order chi connectivity index (χ0) is 19.3. The third-order valence-electron chi connectivity index (χ3n) is 4.17. The van der Waals surface area contributed by atoms with E-state index in [0.29, 0.717) is 28.8 Å². The minimum Gasteiger partial charge on any atom is -0.497 e. The van der Waals surface area contributed by atoms with Crippen LogP contribution in [0, 0.1) is 0 Å². The number of nitrogens with zero attached hydrogens (tertiary/aromatic N) is 3. The van der Waals surface area contributed by atoms with Crippen LogP contribution in [0.1, 0.15) is 0 Å². The highest BCUT2D eigenvalue weighted by atomic mass is 16.5. The monoisotopic (exact) mass is 374 g/mol. The Kier molecular flexibility index (Phi) is 4.88. The lowest BCUT2D eigenvalue weighted by molar-refractivity contribution is -0.116. The number of amides is 1. The average molecular weight is 374 g/mol. The van der Waals surface area contributed by atoms with Crippen LogP contribution in [0.4, 0.5) is 5.69 Å². The van der Waals surface area contributed by atoms with Gasteiger partial charge in [-0.1, -0.05) is 41.6 Å². The quantitative estimate of drug-likeness (QED) is 0.554. The largest absolute Gasteiger partial charge is 0.497 e. The number of methoxy groups -OCH3 is 1. The molecule has 140 valence electrons. The molecule has 0 radical (unpaired) electrons. The number of nitrogens with one attached hydrogen (secondary N) is 1. The summed E-state index contributed by atoms with van der Waals surface area (Å²) in [5, 5.41) is 6.89. The van der Waals surface area contributed by atoms with Crippen molar-refractivity contribution in [3.8, 4) is 28.7 Å². The first-order valence-corrected chi connectivity index (χ1v) is 8.71. The molecule has 2 aromatic heterocycles. The van der Waals surface area contributed by atoms with Crippen LogP contribution in [0.5, 0.6) is 5.75 Å². The van der Waals surface area contributed by atoms with Crippen LogP contribution < -0.4 is 10.1 Å². The molecule has 0 aliphatic carbocycles. The number of hydrogen-bond acceptors (Lipinski definition) is 5. The van der Waals surface area contributed by atoms with Crippen LogP contribution in [-0.4, -0.2) is 27.7 Å². The van der Waals surface area contributed by atoms with Crippen LogP contribution in [0.3, 0.4) is 0 Å². The number of carbonyl (C=O) groups is 1. The van der Waals surface area contributed by atoms with Crippen molar-refractivity contribution in [1.82, 2.24) is 14.7 Å². The molecule has 0 saturated carbocycles. The summed E-state index contributed by atoms with van der Waals surface area (Å²) >= 11 is 0. The van der Waals surface area contributed by atoms with Crippen molar-refractivity contribution in [2.24, 2.45) is 0 Å². The summed E-state index contributed by atoms with van der Waals surface area (Å²) in [6.07, 6.45) is 1.80. The lowest BCUT2D eigenvalue weighted by atomic mass is 10.2. The normalized spacial score (nSPS) is 10.6. The first-order chi connectivity index (χ1) is 13.7. The summed E-state index contributed by atoms with van der Waals surface area (Å²) in [6.45, 7) is 0.114. The fourth-order valence-electron chi connectivity index (χ4n) is 2.83. The Morgan fingerprint density at radius 3 is 2.79 bits per heavy atom. The first-order valence-electron chi connectivity index (χ1n) is 8.71. The van der Waals surface area contributed by atoms with E-state index in [1.165, 1.54) is 0 Å². The molecule has 0 aliphatic heterocycles. The minimum absolute atomic E-state index is 0.114. The van der Waals surface area contributed by atoms with Gasteiger partial charge in [0.1, 0.15) is 18.0 Å². The van der Waals surface area contributed by atoms with Gasteiger partial charge in [0.05, 0.1) is 7.11 Å². The molecule has 7 heteroatoms. The predicted octanol–water partition coefficient (Wildman–Crippen LogP) is 3.85. The van der Waals surface area contributed by atoms with Gasteiger partial charge in [0, 0.05) is 23.5 Å². The number of anilines is 1. The number of aromatic nitrogens is 3. The van der Waals surface area contributed by atoms with Crippen LogP contribution in [0.25, 0.3) is 23.0 Å². The van der Waals surface area contributed by atoms with E-state index < -0.39 is 0 Å². The molecule has 0 unspecified atom stereocenters. The molecule has 0 atom stereocenters. The van der Waals surface area contributed by atoms with E-state index in [9.17, 15) is 4.79 Å². The molecular weight excluding hydrogens is 356 g/mol. The molecule has 0 fully saturated rings. The third-order valence-corrected chi connectivity index (χ3v) is 4.17. The van der Waals surface area contributed by atoms with E-state index in [-0.39, 0.29) is 12.5 Å². The number of carbonyl (C=O) groups excluding carboxylic acids is 1. The Hall–Kier alpha value is -3.87. The van der Waals surface area contributed by atoms with Crippen molar-refractivity contribution in [2.45, 2.75) is 6.54 Å². The SMILES string of the molecule is COc1cccc(NC(=O)Cn2cccc2-c2nc(-c3ccccc3)no2)c1. The van der Waals surface area contributed by atoms with Crippen molar-refractivity contribution in [2.75, 3.05) is 12.4 Å². The molecule has 4 aromatic rings. The van der Waals surface area contributed by atoms with E-state index >= 15 is 0 Å². The topological polar surface area (TPSA) is 82.2 Å². The summed E-state index contributed by atoms with van der Waals surface area (Å²) in [5.74, 6) is 1.37. The zero-order valence-electron chi connectivity index (χ0n) is 15.2. The Balaban J connectivity index is 1.50. The Morgan fingerprint density at radius 2 is 1.96 bits per heavy atom. The molecule has 0 aliphatic rings. The molecule has 28 heavy (non-hydrogen) atoms. The van der Waals surface area contributed by atoms with Gasteiger partial charge in [0.2, 0.25) is 11.7 Å². The van der Waals surface area contributed by atoms with E-state index in [1.807, 2.05) is 54.6 Å². The Bertz CT molecular complexity index is 1090. The lowest BCUT2D eigenvalue weighted by Gasteiger charge is -2.09. The van der Waals surface area contributed by atoms with Gasteiger partial charge in [0.25, 0.3) is 5.89 Å². The molecule has 0 bridgehead atoms. The van der Waals surface area contributed by atoms with Gasteiger partial charge in [-0.2, -0.15) is 4.98 Å². The summed E-state index contributed by atoms with van der Waals surface area (Å²) in [4.78, 5) is 16.9. The molecule has 0 saturated heterocycles. The first kappa shape index (κ1) is 17.5. The van der Waals surface area contributed by atoms with E-state index in [2.05, 4.69) is 15.5 Å². The summed E-state index contributed by atoms with van der Waals surface area (Å²) in [5.41, 5.74) is 2.21. The summed E-state index contributed by atoms with van der Waals surface area (Å²) in [6, 6.07) is 20.5. The van der Waals surface area contributed by atoms with Crippen molar-refractivity contribution < 1.29 is 14.1 Å². The van der Waals surface area contributed by atoms with Crippen LogP contribution in [0.2, 0.25) is 0 Å². The number of ether oxygens (including phenoxy) is 1. The minimum atomic E-state index is -0.173. The molecular formula is C21H18N4O3. The molecule has 2 aromatic carbocycles. The highest BCUT2D eigenvalue weighted by Crippen LogP contribution is 2.23. The number of rotatable bonds is 6. The molecule has 2 heterocycles. The molecule has 0 spiro atoms. The third kappa shape index (κ3) is 3.78. The highest BCUT2D eigenvalue weighted by Gasteiger charge is 2.15. The van der Waals surface area contributed by atoms with Gasteiger partial charge in [-0.05, 0) is 24.3 Å². The van der Waals surface area contributed by atoms with E-state index in [1.54, 1.807) is 30.0 Å². The molecule has 1 amide bonds. The van der Waals surface area contributed by atoms with Crippen LogP contribution in [0.15, 0.2) is 77.4 Å². The second-order valence-corrected chi connectivity index (χ2v) is 6.09. The molecule has 7 nitrogen and oxygen atoms in total. The predicted molar refractivity (Wildman–Crippen MR) is 105 cm³/mol. The van der Waals surface area contributed by atoms with Crippen LogP contribution >= 0.6 is 0 Å². The van der Waals surface area contributed by atoms with Crippen molar-refractivity contribution >= 4 is 11.6 Å². The van der Waals surface area contributed by atoms with Gasteiger partial charge >= 0.3 is 0 Å². The maximum atomic E-state index is 12.5. The van der Waals surface area contributed by atoms with Gasteiger partial charge in [-0.15, -0.1) is 0 Å².